The van der Waals surface area contributed by atoms with Gasteiger partial charge in [0.2, 0.25) is 5.91 Å². The molecular weight excluding hydrogens is 374 g/mol. The molecule has 1 aliphatic rings. The van der Waals surface area contributed by atoms with Crippen molar-refractivity contribution in [3.8, 4) is 11.1 Å². The van der Waals surface area contributed by atoms with Gasteiger partial charge in [0, 0.05) is 11.6 Å². The van der Waals surface area contributed by atoms with Crippen LogP contribution in [0.4, 0.5) is 5.69 Å². The molecule has 29 heavy (non-hydrogen) atoms. The Morgan fingerprint density at radius 1 is 1.00 bits per heavy atom. The molecule has 1 aliphatic heterocycles. The first-order valence-electron chi connectivity index (χ1n) is 9.63. The van der Waals surface area contributed by atoms with Crippen LogP contribution in [0.3, 0.4) is 0 Å². The number of carbonyl (C=O) groups excluding carboxylic acids is 1. The van der Waals surface area contributed by atoms with Crippen molar-refractivity contribution in [3.05, 3.63) is 54.1 Å². The number of anilines is 1. The zero-order valence-electron chi connectivity index (χ0n) is 16.4. The van der Waals surface area contributed by atoms with Crippen LogP contribution in [0.15, 0.2) is 48.5 Å². The second-order valence-electron chi connectivity index (χ2n) is 7.60. The van der Waals surface area contributed by atoms with Crippen molar-refractivity contribution in [2.24, 2.45) is 5.92 Å². The molecule has 1 amide bonds. The van der Waals surface area contributed by atoms with E-state index >= 15 is 0 Å². The van der Waals surface area contributed by atoms with Gasteiger partial charge in [-0.25, -0.2) is 0 Å². The van der Waals surface area contributed by atoms with Gasteiger partial charge >= 0.3 is 0 Å². The fourth-order valence-corrected chi connectivity index (χ4v) is 3.30. The molecule has 1 fully saturated rings. The van der Waals surface area contributed by atoms with Crippen LogP contribution in [0.25, 0.3) is 11.1 Å². The van der Waals surface area contributed by atoms with Crippen LogP contribution in [-0.4, -0.2) is 57.4 Å². The lowest BCUT2D eigenvalue weighted by Gasteiger charge is -2.40. The average molecular weight is 401 g/mol. The normalized spacial score (nSPS) is 27.1. The monoisotopic (exact) mass is 401 g/mol. The van der Waals surface area contributed by atoms with Gasteiger partial charge in [0.25, 0.3) is 0 Å². The number of hydrogen-bond acceptors (Lipinski definition) is 6. The Kier molecular flexibility index (Phi) is 6.66. The Hall–Kier alpha value is -2.29. The first kappa shape index (κ1) is 21.4. The number of aliphatic hydroxyl groups is 4. The molecule has 3 rings (SSSR count). The average Bonchev–Trinajstić information content (AvgIpc) is 2.73. The Morgan fingerprint density at radius 3 is 2.31 bits per heavy atom. The van der Waals surface area contributed by atoms with E-state index in [9.17, 15) is 25.2 Å². The molecule has 7 nitrogen and oxygen atoms in total. The molecule has 0 aliphatic carbocycles. The van der Waals surface area contributed by atoms with Crippen LogP contribution in [-0.2, 0) is 9.53 Å². The number of aliphatic hydroxyl groups excluding tert-OH is 4. The Morgan fingerprint density at radius 2 is 1.69 bits per heavy atom. The lowest BCUT2D eigenvalue weighted by atomic mass is 9.90. The molecule has 0 unspecified atom stereocenters. The third-order valence-corrected chi connectivity index (χ3v) is 5.12. The highest BCUT2D eigenvalue weighted by Crippen LogP contribution is 2.34. The van der Waals surface area contributed by atoms with Crippen LogP contribution in [0, 0.1) is 5.92 Å². The number of carbonyl (C=O) groups is 1. The fourth-order valence-electron chi connectivity index (χ4n) is 3.30. The number of benzene rings is 2. The summed E-state index contributed by atoms with van der Waals surface area (Å²) in [5.74, 6) is -0.160. The predicted octanol–water partition coefficient (Wildman–Crippen LogP) is 1.46. The summed E-state index contributed by atoms with van der Waals surface area (Å²) in [6.45, 7) is 3.19. The number of nitrogens with one attached hydrogen (secondary N) is 1. The van der Waals surface area contributed by atoms with Gasteiger partial charge in [0.1, 0.15) is 30.5 Å². The van der Waals surface area contributed by atoms with E-state index in [1.165, 1.54) is 0 Å². The summed E-state index contributed by atoms with van der Waals surface area (Å²) in [5.41, 5.74) is 3.09. The Bertz CT molecular complexity index is 835. The lowest BCUT2D eigenvalue weighted by molar-refractivity contribution is -0.231. The summed E-state index contributed by atoms with van der Waals surface area (Å²) in [5, 5.41) is 42.5. The quantitative estimate of drug-likeness (QED) is 0.518. The van der Waals surface area contributed by atoms with Crippen molar-refractivity contribution in [1.29, 1.82) is 0 Å². The summed E-state index contributed by atoms with van der Waals surface area (Å²) >= 11 is 0. The Balaban J connectivity index is 1.81. The molecule has 5 atom stereocenters. The first-order chi connectivity index (χ1) is 13.8. The fraction of sp³-hybridized carbons (Fsp3) is 0.409. The van der Waals surface area contributed by atoms with Crippen molar-refractivity contribution in [1.82, 2.24) is 0 Å². The minimum Gasteiger partial charge on any atom is -0.394 e. The molecule has 2 aromatic carbocycles. The summed E-state index contributed by atoms with van der Waals surface area (Å²) in [7, 11) is 0. The maximum atomic E-state index is 11.8. The minimum absolute atomic E-state index is 0.0534. The molecule has 0 bridgehead atoms. The predicted molar refractivity (Wildman–Crippen MR) is 108 cm³/mol. The van der Waals surface area contributed by atoms with Crippen molar-refractivity contribution < 1.29 is 30.0 Å². The van der Waals surface area contributed by atoms with Crippen molar-refractivity contribution >= 4 is 11.6 Å². The van der Waals surface area contributed by atoms with E-state index in [0.717, 1.165) is 11.1 Å². The van der Waals surface area contributed by atoms with Crippen LogP contribution in [0.1, 0.15) is 25.5 Å². The second kappa shape index (κ2) is 9.02. The topological polar surface area (TPSA) is 119 Å². The van der Waals surface area contributed by atoms with Crippen LogP contribution < -0.4 is 5.32 Å². The van der Waals surface area contributed by atoms with E-state index in [1.54, 1.807) is 12.1 Å². The van der Waals surface area contributed by atoms with Crippen molar-refractivity contribution in [2.45, 2.75) is 44.4 Å². The standard InChI is InChI=1S/C22H27NO6/c1-12(2)22(28)23-16-8-6-13(7-9-16)14-4-3-5-15(10-14)21-20(27)19(26)18(25)17(11-24)29-21/h3-10,12,17-21,24-27H,11H2,1-2H3,(H,23,28)/t17-,18-,19+,20+,21-/m1/s1. The molecule has 156 valence electrons. The molecule has 1 heterocycles. The highest BCUT2D eigenvalue weighted by molar-refractivity contribution is 5.92. The second-order valence-corrected chi connectivity index (χ2v) is 7.60. The van der Waals surface area contributed by atoms with E-state index in [0.29, 0.717) is 11.3 Å². The first-order valence-corrected chi connectivity index (χ1v) is 9.63. The van der Waals surface area contributed by atoms with E-state index in [2.05, 4.69) is 5.32 Å². The van der Waals surface area contributed by atoms with Gasteiger partial charge in [0.05, 0.1) is 6.61 Å². The number of ether oxygens (including phenoxy) is 1. The Labute approximate surface area is 169 Å². The molecule has 0 radical (unpaired) electrons. The van der Waals surface area contributed by atoms with E-state index in [-0.39, 0.29) is 11.8 Å². The van der Waals surface area contributed by atoms with E-state index in [4.69, 9.17) is 4.74 Å². The zero-order valence-corrected chi connectivity index (χ0v) is 16.4. The summed E-state index contributed by atoms with van der Waals surface area (Å²) in [6, 6.07) is 14.7. The molecule has 0 spiro atoms. The molecule has 1 saturated heterocycles. The summed E-state index contributed by atoms with van der Waals surface area (Å²) in [4.78, 5) is 11.8. The highest BCUT2D eigenvalue weighted by atomic mass is 16.5. The van der Waals surface area contributed by atoms with Crippen molar-refractivity contribution in [3.63, 3.8) is 0 Å². The number of amides is 1. The molecule has 5 N–H and O–H groups in total. The van der Waals surface area contributed by atoms with Gasteiger partial charge < -0.3 is 30.5 Å². The van der Waals surface area contributed by atoms with Gasteiger partial charge in [-0.3, -0.25) is 4.79 Å². The molecular formula is C22H27NO6. The molecule has 2 aromatic rings. The smallest absolute Gasteiger partial charge is 0.226 e. The van der Waals surface area contributed by atoms with Crippen LogP contribution in [0.2, 0.25) is 0 Å². The highest BCUT2D eigenvalue weighted by Gasteiger charge is 2.43. The summed E-state index contributed by atoms with van der Waals surface area (Å²) < 4.78 is 5.64. The molecule has 7 heteroatoms. The SMILES string of the molecule is CC(C)C(=O)Nc1ccc(-c2cccc([C@H]3O[C@H](CO)[C@@H](O)[C@H](O)[C@@H]3O)c2)cc1. The third kappa shape index (κ3) is 4.66. The van der Waals surface area contributed by atoms with Crippen molar-refractivity contribution in [2.75, 3.05) is 11.9 Å². The number of rotatable bonds is 5. The van der Waals surface area contributed by atoms with Gasteiger partial charge in [-0.15, -0.1) is 0 Å². The van der Waals surface area contributed by atoms with Crippen LogP contribution in [0.5, 0.6) is 0 Å². The minimum atomic E-state index is -1.42. The van der Waals surface area contributed by atoms with E-state index in [1.807, 2.05) is 50.2 Å². The van der Waals surface area contributed by atoms with Gasteiger partial charge in [-0.2, -0.15) is 0 Å². The third-order valence-electron chi connectivity index (χ3n) is 5.12. The maximum Gasteiger partial charge on any atom is 0.226 e. The summed E-state index contributed by atoms with van der Waals surface area (Å²) in [6.07, 6.45) is -5.96. The number of hydrogen-bond donors (Lipinski definition) is 5. The van der Waals surface area contributed by atoms with Gasteiger partial charge in [0.15, 0.2) is 0 Å². The van der Waals surface area contributed by atoms with Crippen LogP contribution >= 0.6 is 0 Å². The molecule has 0 aromatic heterocycles. The largest absolute Gasteiger partial charge is 0.394 e. The maximum absolute atomic E-state index is 11.8. The van der Waals surface area contributed by atoms with E-state index < -0.39 is 37.1 Å². The zero-order chi connectivity index (χ0) is 21.1. The lowest BCUT2D eigenvalue weighted by Crippen LogP contribution is -2.55. The van der Waals surface area contributed by atoms with Gasteiger partial charge in [-0.05, 0) is 34.9 Å². The molecule has 0 saturated carbocycles. The van der Waals surface area contributed by atoms with Gasteiger partial charge in [-0.1, -0.05) is 44.2 Å².